The largest absolute Gasteiger partial charge is 0.508 e. The zero-order valence-corrected chi connectivity index (χ0v) is 16.4. The molecule has 32 heavy (non-hydrogen) atoms. The van der Waals surface area contributed by atoms with Crippen LogP contribution in [0.1, 0.15) is 39.9 Å². The summed E-state index contributed by atoms with van der Waals surface area (Å²) in [6, 6.07) is 9.45. The van der Waals surface area contributed by atoms with E-state index >= 15 is 0 Å². The van der Waals surface area contributed by atoms with E-state index in [-0.39, 0.29) is 36.9 Å². The number of halogens is 2. The van der Waals surface area contributed by atoms with E-state index in [1.165, 1.54) is 22.9 Å². The maximum absolute atomic E-state index is 12.8. The first kappa shape index (κ1) is 21.0. The van der Waals surface area contributed by atoms with E-state index in [0.29, 0.717) is 17.2 Å². The first-order chi connectivity index (χ1) is 15.5. The summed E-state index contributed by atoms with van der Waals surface area (Å²) in [5.41, 5.74) is 0.503. The van der Waals surface area contributed by atoms with Crippen molar-refractivity contribution in [2.45, 2.75) is 26.1 Å². The first-order valence-corrected chi connectivity index (χ1v) is 9.36. The highest BCUT2D eigenvalue weighted by Crippen LogP contribution is 2.22. The van der Waals surface area contributed by atoms with Crippen LogP contribution in [0.3, 0.4) is 0 Å². The Labute approximate surface area is 179 Å². The molecule has 3 aromatic heterocycles. The molecule has 1 aromatic carbocycles. The van der Waals surface area contributed by atoms with Crippen LogP contribution < -0.4 is 10.1 Å². The molecule has 0 aliphatic rings. The third-order valence-electron chi connectivity index (χ3n) is 4.28. The number of aromatic hydroxyl groups is 1. The lowest BCUT2D eigenvalue weighted by molar-refractivity contribution is 0.0916. The number of phenolic OH excluding ortho intramolecular Hbond substituents is 1. The van der Waals surface area contributed by atoms with Gasteiger partial charge in [-0.2, -0.15) is 0 Å². The van der Waals surface area contributed by atoms with Crippen molar-refractivity contribution in [1.82, 2.24) is 25.3 Å². The molecule has 0 unspecified atom stereocenters. The van der Waals surface area contributed by atoms with Crippen LogP contribution in [0.2, 0.25) is 0 Å². The standard InChI is InChI=1S/C20H17F2N5O5/c21-19(22)18-16(24-11-31-18)7-23-20(29)17-5-4-15(32-17)9-27-8-12(25-26-27)10-30-14-3-1-2-13(28)6-14/h1-6,8,11,19,28H,7,9-10H2,(H,23,29). The van der Waals surface area contributed by atoms with Gasteiger partial charge in [0.25, 0.3) is 12.3 Å². The van der Waals surface area contributed by atoms with Gasteiger partial charge in [-0.1, -0.05) is 11.3 Å². The minimum Gasteiger partial charge on any atom is -0.508 e. The number of furan rings is 1. The van der Waals surface area contributed by atoms with Crippen LogP contribution in [-0.4, -0.2) is 31.0 Å². The molecule has 2 N–H and O–H groups in total. The van der Waals surface area contributed by atoms with Crippen LogP contribution in [0.5, 0.6) is 11.5 Å². The molecule has 0 saturated carbocycles. The number of benzene rings is 1. The second-order valence-corrected chi connectivity index (χ2v) is 6.61. The molecule has 0 spiro atoms. The number of alkyl halides is 2. The summed E-state index contributed by atoms with van der Waals surface area (Å²) in [7, 11) is 0. The number of nitrogens with zero attached hydrogens (tertiary/aromatic N) is 4. The van der Waals surface area contributed by atoms with E-state index in [1.807, 2.05) is 0 Å². The van der Waals surface area contributed by atoms with Gasteiger partial charge in [-0.15, -0.1) is 5.10 Å². The highest BCUT2D eigenvalue weighted by atomic mass is 19.3. The summed E-state index contributed by atoms with van der Waals surface area (Å²) in [5.74, 6) is -0.129. The van der Waals surface area contributed by atoms with Gasteiger partial charge in [0.2, 0.25) is 0 Å². The summed E-state index contributed by atoms with van der Waals surface area (Å²) in [4.78, 5) is 15.9. The fraction of sp³-hybridized carbons (Fsp3) is 0.200. The van der Waals surface area contributed by atoms with Crippen molar-refractivity contribution in [2.24, 2.45) is 0 Å². The lowest BCUT2D eigenvalue weighted by Crippen LogP contribution is -2.23. The topological polar surface area (TPSA) is 128 Å². The van der Waals surface area contributed by atoms with Crippen LogP contribution in [0, 0.1) is 0 Å². The van der Waals surface area contributed by atoms with E-state index in [2.05, 4.69) is 25.0 Å². The van der Waals surface area contributed by atoms with E-state index < -0.39 is 18.1 Å². The third kappa shape index (κ3) is 5.09. The van der Waals surface area contributed by atoms with Gasteiger partial charge in [-0.3, -0.25) is 4.79 Å². The summed E-state index contributed by atoms with van der Waals surface area (Å²) < 4.78 is 42.7. The Balaban J connectivity index is 1.30. The van der Waals surface area contributed by atoms with Gasteiger partial charge in [-0.05, 0) is 24.3 Å². The number of hydrogen-bond donors (Lipinski definition) is 2. The second-order valence-electron chi connectivity index (χ2n) is 6.61. The van der Waals surface area contributed by atoms with Crippen molar-refractivity contribution in [1.29, 1.82) is 0 Å². The number of ether oxygens (including phenoxy) is 1. The fourth-order valence-electron chi connectivity index (χ4n) is 2.80. The third-order valence-corrected chi connectivity index (χ3v) is 4.28. The van der Waals surface area contributed by atoms with E-state index in [9.17, 15) is 18.7 Å². The minimum atomic E-state index is -2.82. The minimum absolute atomic E-state index is 0.00893. The average molecular weight is 445 g/mol. The number of carbonyl (C=O) groups is 1. The molecule has 0 fully saturated rings. The van der Waals surface area contributed by atoms with E-state index in [0.717, 1.165) is 6.39 Å². The highest BCUT2D eigenvalue weighted by molar-refractivity contribution is 5.91. The molecular weight excluding hydrogens is 428 g/mol. The van der Waals surface area contributed by atoms with Crippen molar-refractivity contribution < 1.29 is 32.3 Å². The van der Waals surface area contributed by atoms with E-state index in [4.69, 9.17) is 9.15 Å². The van der Waals surface area contributed by atoms with Gasteiger partial charge in [0, 0.05) is 6.07 Å². The molecule has 0 atom stereocenters. The van der Waals surface area contributed by atoms with Crippen molar-refractivity contribution in [3.8, 4) is 11.5 Å². The molecule has 0 aliphatic heterocycles. The van der Waals surface area contributed by atoms with Crippen molar-refractivity contribution in [3.63, 3.8) is 0 Å². The zero-order chi connectivity index (χ0) is 22.5. The van der Waals surface area contributed by atoms with Gasteiger partial charge in [0.05, 0.1) is 12.7 Å². The van der Waals surface area contributed by atoms with Crippen LogP contribution in [0.25, 0.3) is 0 Å². The predicted octanol–water partition coefficient (Wildman–Crippen LogP) is 3.06. The van der Waals surface area contributed by atoms with E-state index in [1.54, 1.807) is 24.4 Å². The zero-order valence-electron chi connectivity index (χ0n) is 16.4. The molecule has 4 aromatic rings. The molecule has 0 aliphatic carbocycles. The number of carbonyl (C=O) groups excluding carboxylic acids is 1. The molecule has 0 saturated heterocycles. The Kier molecular flexibility index (Phi) is 6.10. The number of amides is 1. The average Bonchev–Trinajstić information content (AvgIpc) is 3.52. The molecule has 10 nitrogen and oxygen atoms in total. The number of nitrogens with one attached hydrogen (secondary N) is 1. The van der Waals surface area contributed by atoms with Crippen LogP contribution in [0.4, 0.5) is 8.78 Å². The van der Waals surface area contributed by atoms with Crippen LogP contribution >= 0.6 is 0 Å². The highest BCUT2D eigenvalue weighted by Gasteiger charge is 2.20. The molecule has 12 heteroatoms. The maximum Gasteiger partial charge on any atom is 0.297 e. The molecular formula is C20H17F2N5O5. The number of rotatable bonds is 9. The Morgan fingerprint density at radius 1 is 1.28 bits per heavy atom. The Morgan fingerprint density at radius 3 is 2.97 bits per heavy atom. The molecule has 3 heterocycles. The fourth-order valence-corrected chi connectivity index (χ4v) is 2.80. The molecule has 4 rings (SSSR count). The van der Waals surface area contributed by atoms with Gasteiger partial charge >= 0.3 is 0 Å². The van der Waals surface area contributed by atoms with Crippen molar-refractivity contribution in [2.75, 3.05) is 0 Å². The van der Waals surface area contributed by atoms with Crippen molar-refractivity contribution >= 4 is 5.91 Å². The van der Waals surface area contributed by atoms with Gasteiger partial charge < -0.3 is 24.0 Å². The van der Waals surface area contributed by atoms with Gasteiger partial charge in [0.1, 0.15) is 41.8 Å². The van der Waals surface area contributed by atoms with Gasteiger partial charge in [-0.25, -0.2) is 18.4 Å². The number of phenols is 1. The molecule has 0 bridgehead atoms. The molecule has 166 valence electrons. The summed E-state index contributed by atoms with van der Waals surface area (Å²) >= 11 is 0. The van der Waals surface area contributed by atoms with Crippen LogP contribution in [-0.2, 0) is 19.7 Å². The first-order valence-electron chi connectivity index (χ1n) is 9.36. The SMILES string of the molecule is O=C(NCc1ncoc1C(F)F)c1ccc(Cn2cc(COc3cccc(O)c3)nn2)o1. The number of aromatic nitrogens is 4. The summed E-state index contributed by atoms with van der Waals surface area (Å²) in [5, 5.41) is 19.9. The smallest absolute Gasteiger partial charge is 0.297 e. The Morgan fingerprint density at radius 2 is 2.16 bits per heavy atom. The van der Waals surface area contributed by atoms with Gasteiger partial charge in [0.15, 0.2) is 17.9 Å². The quantitative estimate of drug-likeness (QED) is 0.402. The number of hydrogen-bond acceptors (Lipinski definition) is 8. The normalized spacial score (nSPS) is 11.1. The number of oxazole rings is 1. The van der Waals surface area contributed by atoms with Crippen molar-refractivity contribution in [3.05, 3.63) is 77.7 Å². The predicted molar refractivity (Wildman–Crippen MR) is 103 cm³/mol. The maximum atomic E-state index is 12.8. The second kappa shape index (κ2) is 9.29. The Bertz CT molecular complexity index is 1200. The lowest BCUT2D eigenvalue weighted by Gasteiger charge is -2.03. The summed E-state index contributed by atoms with van der Waals surface area (Å²) in [6.07, 6.45) is -0.270. The Hall–Kier alpha value is -4.22. The lowest BCUT2D eigenvalue weighted by atomic mass is 10.3. The summed E-state index contributed by atoms with van der Waals surface area (Å²) in [6.45, 7) is 0.139. The molecule has 1 amide bonds. The monoisotopic (exact) mass is 445 g/mol. The molecule has 0 radical (unpaired) electrons. The van der Waals surface area contributed by atoms with Crippen LogP contribution in [0.15, 0.2) is 57.8 Å².